The van der Waals surface area contributed by atoms with E-state index in [1.54, 1.807) is 0 Å². The van der Waals surface area contributed by atoms with Gasteiger partial charge in [-0.1, -0.05) is 6.92 Å². The van der Waals surface area contributed by atoms with Gasteiger partial charge in [0.1, 0.15) is 0 Å². The Morgan fingerprint density at radius 3 is 2.53 bits per heavy atom. The van der Waals surface area contributed by atoms with Gasteiger partial charge in [0.05, 0.1) is 17.9 Å². The van der Waals surface area contributed by atoms with E-state index in [9.17, 15) is 9.59 Å². The molecule has 2 fully saturated rings. The van der Waals surface area contributed by atoms with Crippen LogP contribution in [0.3, 0.4) is 0 Å². The Morgan fingerprint density at radius 2 is 2.12 bits per heavy atom. The van der Waals surface area contributed by atoms with Gasteiger partial charge in [0, 0.05) is 6.54 Å². The molecule has 0 radical (unpaired) electrons. The molecule has 1 heterocycles. The second kappa shape index (κ2) is 4.64. The quantitative estimate of drug-likeness (QED) is 0.663. The van der Waals surface area contributed by atoms with Crippen molar-refractivity contribution in [3.05, 3.63) is 0 Å². The molecular weight excluding hydrogens is 220 g/mol. The van der Waals surface area contributed by atoms with Gasteiger partial charge in [-0.3, -0.25) is 9.59 Å². The summed E-state index contributed by atoms with van der Waals surface area (Å²) in [7, 11) is 0. The molecule has 5 nitrogen and oxygen atoms in total. The van der Waals surface area contributed by atoms with Gasteiger partial charge in [0.25, 0.3) is 0 Å². The maximum atomic E-state index is 12.1. The number of carbonyl (C=O) groups excluding carboxylic acids is 1. The Bertz CT molecular complexity index is 326. The monoisotopic (exact) mass is 240 g/mol. The number of hydrogen-bond acceptors (Lipinski definition) is 3. The standard InChI is InChI=1S/C12H20N2O3/c1-8-6-13-7-9(8)11(17)14-12(3-2-4-12)5-10(15)16/h8-9,13H,2-7H2,1H3,(H,14,17)(H,15,16). The van der Waals surface area contributed by atoms with E-state index in [0.717, 1.165) is 25.8 Å². The van der Waals surface area contributed by atoms with Gasteiger partial charge in [-0.15, -0.1) is 0 Å². The van der Waals surface area contributed by atoms with E-state index in [-0.39, 0.29) is 18.2 Å². The van der Waals surface area contributed by atoms with Crippen LogP contribution in [-0.4, -0.2) is 35.6 Å². The van der Waals surface area contributed by atoms with E-state index in [1.807, 2.05) is 0 Å². The third-order valence-electron chi connectivity index (χ3n) is 4.04. The van der Waals surface area contributed by atoms with Crippen molar-refractivity contribution >= 4 is 11.9 Å². The van der Waals surface area contributed by atoms with Crippen LogP contribution in [0.15, 0.2) is 0 Å². The van der Waals surface area contributed by atoms with Gasteiger partial charge >= 0.3 is 5.97 Å². The molecule has 96 valence electrons. The van der Waals surface area contributed by atoms with E-state index >= 15 is 0 Å². The first-order valence-corrected chi connectivity index (χ1v) is 6.27. The Kier molecular flexibility index (Phi) is 3.38. The first kappa shape index (κ1) is 12.4. The Morgan fingerprint density at radius 1 is 1.41 bits per heavy atom. The molecule has 0 aromatic heterocycles. The normalized spacial score (nSPS) is 30.6. The zero-order chi connectivity index (χ0) is 12.5. The fourth-order valence-corrected chi connectivity index (χ4v) is 2.75. The smallest absolute Gasteiger partial charge is 0.305 e. The molecule has 2 aliphatic rings. The molecule has 2 unspecified atom stereocenters. The number of nitrogens with one attached hydrogen (secondary N) is 2. The maximum Gasteiger partial charge on any atom is 0.305 e. The van der Waals surface area contributed by atoms with Crippen molar-refractivity contribution in [2.75, 3.05) is 13.1 Å². The lowest BCUT2D eigenvalue weighted by Crippen LogP contribution is -2.56. The van der Waals surface area contributed by atoms with Crippen molar-refractivity contribution in [2.45, 2.75) is 38.1 Å². The van der Waals surface area contributed by atoms with Crippen LogP contribution >= 0.6 is 0 Å². The molecule has 1 aliphatic carbocycles. The molecule has 0 spiro atoms. The van der Waals surface area contributed by atoms with Crippen molar-refractivity contribution in [3.8, 4) is 0 Å². The molecule has 3 N–H and O–H groups in total. The number of aliphatic carboxylic acids is 1. The predicted molar refractivity (Wildman–Crippen MR) is 62.5 cm³/mol. The summed E-state index contributed by atoms with van der Waals surface area (Å²) >= 11 is 0. The molecule has 1 aliphatic heterocycles. The Hall–Kier alpha value is -1.10. The summed E-state index contributed by atoms with van der Waals surface area (Å²) in [6.07, 6.45) is 2.64. The fourth-order valence-electron chi connectivity index (χ4n) is 2.75. The van der Waals surface area contributed by atoms with Gasteiger partial charge in [-0.25, -0.2) is 0 Å². The molecule has 0 aromatic rings. The minimum Gasteiger partial charge on any atom is -0.481 e. The number of hydrogen-bond donors (Lipinski definition) is 3. The van der Waals surface area contributed by atoms with Crippen LogP contribution in [0.1, 0.15) is 32.6 Å². The highest BCUT2D eigenvalue weighted by Crippen LogP contribution is 2.35. The van der Waals surface area contributed by atoms with Gasteiger partial charge in [-0.2, -0.15) is 0 Å². The van der Waals surface area contributed by atoms with Crippen LogP contribution in [0.25, 0.3) is 0 Å². The summed E-state index contributed by atoms with van der Waals surface area (Å²) in [4.78, 5) is 22.9. The van der Waals surface area contributed by atoms with Crippen molar-refractivity contribution < 1.29 is 14.7 Å². The zero-order valence-corrected chi connectivity index (χ0v) is 10.2. The SMILES string of the molecule is CC1CNCC1C(=O)NC1(CC(=O)O)CCC1. The average molecular weight is 240 g/mol. The molecule has 2 rings (SSSR count). The number of amides is 1. The average Bonchev–Trinajstić information content (AvgIpc) is 2.60. The third-order valence-corrected chi connectivity index (χ3v) is 4.04. The highest BCUT2D eigenvalue weighted by molar-refractivity contribution is 5.81. The summed E-state index contributed by atoms with van der Waals surface area (Å²) in [5.41, 5.74) is -0.467. The van der Waals surface area contributed by atoms with E-state index in [1.165, 1.54) is 0 Å². The first-order chi connectivity index (χ1) is 8.02. The highest BCUT2D eigenvalue weighted by Gasteiger charge is 2.42. The molecular formula is C12H20N2O3. The van der Waals surface area contributed by atoms with Gasteiger partial charge in [0.2, 0.25) is 5.91 Å². The molecule has 5 heteroatoms. The molecule has 2 atom stereocenters. The number of carbonyl (C=O) groups is 2. The van der Waals surface area contributed by atoms with Gasteiger partial charge in [0.15, 0.2) is 0 Å². The van der Waals surface area contributed by atoms with Crippen LogP contribution in [0.5, 0.6) is 0 Å². The molecule has 0 bridgehead atoms. The van der Waals surface area contributed by atoms with E-state index in [4.69, 9.17) is 5.11 Å². The second-order valence-electron chi connectivity index (χ2n) is 5.44. The molecule has 17 heavy (non-hydrogen) atoms. The summed E-state index contributed by atoms with van der Waals surface area (Å²) in [5.74, 6) is -0.496. The van der Waals surface area contributed by atoms with Crippen molar-refractivity contribution in [1.29, 1.82) is 0 Å². The summed E-state index contributed by atoms with van der Waals surface area (Å²) in [6, 6.07) is 0. The first-order valence-electron chi connectivity index (χ1n) is 6.27. The lowest BCUT2D eigenvalue weighted by molar-refractivity contribution is -0.140. The van der Waals surface area contributed by atoms with Crippen LogP contribution in [0.2, 0.25) is 0 Å². The van der Waals surface area contributed by atoms with Crippen LogP contribution in [0.4, 0.5) is 0 Å². The van der Waals surface area contributed by atoms with Gasteiger partial charge < -0.3 is 15.7 Å². The molecule has 1 saturated carbocycles. The minimum atomic E-state index is -0.831. The molecule has 1 saturated heterocycles. The Labute approximate surface area is 101 Å². The second-order valence-corrected chi connectivity index (χ2v) is 5.44. The lowest BCUT2D eigenvalue weighted by Gasteiger charge is -2.42. The van der Waals surface area contributed by atoms with Crippen LogP contribution in [-0.2, 0) is 9.59 Å². The summed E-state index contributed by atoms with van der Waals surface area (Å²) in [6.45, 7) is 3.62. The van der Waals surface area contributed by atoms with E-state index in [0.29, 0.717) is 12.5 Å². The van der Waals surface area contributed by atoms with Crippen LogP contribution in [0, 0.1) is 11.8 Å². The minimum absolute atomic E-state index is 0.0127. The molecule has 0 aromatic carbocycles. The van der Waals surface area contributed by atoms with Gasteiger partial charge in [-0.05, 0) is 31.7 Å². The highest BCUT2D eigenvalue weighted by atomic mass is 16.4. The predicted octanol–water partition coefficient (Wildman–Crippen LogP) is 0.355. The topological polar surface area (TPSA) is 78.4 Å². The summed E-state index contributed by atoms with van der Waals surface area (Å²) < 4.78 is 0. The molecule has 1 amide bonds. The van der Waals surface area contributed by atoms with E-state index < -0.39 is 11.5 Å². The zero-order valence-electron chi connectivity index (χ0n) is 10.2. The number of carboxylic acid groups (broad SMARTS) is 1. The largest absolute Gasteiger partial charge is 0.481 e. The fraction of sp³-hybridized carbons (Fsp3) is 0.833. The number of carboxylic acids is 1. The lowest BCUT2D eigenvalue weighted by atomic mass is 9.74. The maximum absolute atomic E-state index is 12.1. The van der Waals surface area contributed by atoms with Crippen molar-refractivity contribution in [2.24, 2.45) is 11.8 Å². The Balaban J connectivity index is 1.94. The summed E-state index contributed by atoms with van der Waals surface area (Å²) in [5, 5.41) is 15.0. The van der Waals surface area contributed by atoms with E-state index in [2.05, 4.69) is 17.6 Å². The number of rotatable bonds is 4. The van der Waals surface area contributed by atoms with Crippen molar-refractivity contribution in [1.82, 2.24) is 10.6 Å². The third kappa shape index (κ3) is 2.60. The van der Waals surface area contributed by atoms with Crippen LogP contribution < -0.4 is 10.6 Å². The van der Waals surface area contributed by atoms with Crippen molar-refractivity contribution in [3.63, 3.8) is 0 Å².